The first kappa shape index (κ1) is 13.5. The zero-order chi connectivity index (χ0) is 12.2. The normalized spacial score (nSPS) is 18.8. The molecular formula is C9H11BrF3NO2. The van der Waals surface area contributed by atoms with Crippen molar-refractivity contribution < 1.29 is 22.7 Å². The topological polar surface area (TPSA) is 29.5 Å². The lowest BCUT2D eigenvalue weighted by Gasteiger charge is -2.30. The predicted molar refractivity (Wildman–Crippen MR) is 55.3 cm³/mol. The number of carbonyl (C=O) groups is 1. The van der Waals surface area contributed by atoms with Crippen molar-refractivity contribution in [1.29, 1.82) is 0 Å². The van der Waals surface area contributed by atoms with Crippen molar-refractivity contribution in [3.63, 3.8) is 0 Å². The Bertz CT molecular complexity index is 285. The van der Waals surface area contributed by atoms with Crippen LogP contribution in [0.15, 0.2) is 11.8 Å². The summed E-state index contributed by atoms with van der Waals surface area (Å²) in [5.41, 5.74) is 0.339. The van der Waals surface area contributed by atoms with Crippen molar-refractivity contribution >= 4 is 21.7 Å². The van der Waals surface area contributed by atoms with Crippen molar-refractivity contribution in [2.45, 2.75) is 6.18 Å². The zero-order valence-corrected chi connectivity index (χ0v) is 9.97. The number of morpholine rings is 1. The quantitative estimate of drug-likeness (QED) is 0.587. The van der Waals surface area contributed by atoms with Gasteiger partial charge >= 0.3 is 6.18 Å². The summed E-state index contributed by atoms with van der Waals surface area (Å²) in [6, 6.07) is 0. The molecule has 0 aromatic rings. The molecule has 1 fully saturated rings. The summed E-state index contributed by atoms with van der Waals surface area (Å²) in [6.45, 7) is 1.93. The highest BCUT2D eigenvalue weighted by molar-refractivity contribution is 9.09. The van der Waals surface area contributed by atoms with Crippen LogP contribution in [-0.2, 0) is 9.53 Å². The van der Waals surface area contributed by atoms with Crippen LogP contribution in [0.3, 0.4) is 0 Å². The van der Waals surface area contributed by atoms with Crippen LogP contribution in [0.25, 0.3) is 0 Å². The third-order valence-electron chi connectivity index (χ3n) is 2.13. The van der Waals surface area contributed by atoms with Gasteiger partial charge in [-0.3, -0.25) is 4.79 Å². The first-order valence-electron chi connectivity index (χ1n) is 4.65. The predicted octanol–water partition coefficient (Wildman–Crippen LogP) is 1.73. The lowest BCUT2D eigenvalue weighted by molar-refractivity contribution is -0.165. The molecule has 0 bridgehead atoms. The summed E-state index contributed by atoms with van der Waals surface area (Å²) in [5, 5.41) is 0.217. The van der Waals surface area contributed by atoms with Gasteiger partial charge < -0.3 is 9.64 Å². The fourth-order valence-electron chi connectivity index (χ4n) is 1.30. The minimum Gasteiger partial charge on any atom is -0.378 e. The summed E-state index contributed by atoms with van der Waals surface area (Å²) in [7, 11) is 0. The van der Waals surface area contributed by atoms with E-state index >= 15 is 0 Å². The van der Waals surface area contributed by atoms with Crippen LogP contribution in [0.1, 0.15) is 0 Å². The number of carbonyl (C=O) groups excluding carboxylic acids is 1. The Morgan fingerprint density at radius 2 is 1.94 bits per heavy atom. The lowest BCUT2D eigenvalue weighted by Crippen LogP contribution is -2.37. The van der Waals surface area contributed by atoms with Gasteiger partial charge in [-0.25, -0.2) is 0 Å². The molecule has 0 aromatic carbocycles. The molecule has 0 aromatic heterocycles. The molecule has 0 saturated carbocycles. The minimum absolute atomic E-state index is 0.217. The molecule has 0 unspecified atom stereocenters. The van der Waals surface area contributed by atoms with Gasteiger partial charge in [0.05, 0.1) is 13.2 Å². The van der Waals surface area contributed by atoms with E-state index in [1.165, 1.54) is 0 Å². The number of ketones is 1. The zero-order valence-electron chi connectivity index (χ0n) is 8.39. The Morgan fingerprint density at radius 3 is 2.38 bits per heavy atom. The molecular weight excluding hydrogens is 291 g/mol. The number of halogens is 4. The second kappa shape index (κ2) is 5.67. The molecule has 1 saturated heterocycles. The molecule has 0 radical (unpaired) electrons. The van der Waals surface area contributed by atoms with E-state index in [0.29, 0.717) is 38.1 Å². The average Bonchev–Trinajstić information content (AvgIpc) is 2.25. The van der Waals surface area contributed by atoms with E-state index in [-0.39, 0.29) is 5.33 Å². The van der Waals surface area contributed by atoms with E-state index in [4.69, 9.17) is 4.74 Å². The van der Waals surface area contributed by atoms with Crippen molar-refractivity contribution in [2.75, 3.05) is 31.6 Å². The van der Waals surface area contributed by atoms with Crippen molar-refractivity contribution in [2.24, 2.45) is 0 Å². The molecule has 0 amide bonds. The van der Waals surface area contributed by atoms with Gasteiger partial charge in [-0.15, -0.1) is 0 Å². The molecule has 1 heterocycles. The minimum atomic E-state index is -4.81. The lowest BCUT2D eigenvalue weighted by atomic mass is 10.2. The molecule has 1 aliphatic rings. The Labute approximate surface area is 99.4 Å². The second-order valence-corrected chi connectivity index (χ2v) is 3.79. The maximum Gasteiger partial charge on any atom is 0.454 e. The molecule has 0 atom stereocenters. The summed E-state index contributed by atoms with van der Waals surface area (Å²) >= 11 is 3.08. The van der Waals surface area contributed by atoms with Gasteiger partial charge in [0.15, 0.2) is 0 Å². The summed E-state index contributed by atoms with van der Waals surface area (Å²) in [4.78, 5) is 12.5. The Kier molecular flexibility index (Phi) is 4.79. The largest absolute Gasteiger partial charge is 0.454 e. The first-order valence-corrected chi connectivity index (χ1v) is 5.77. The molecule has 7 heteroatoms. The SMILES string of the molecule is O=C(C=C(CBr)N1CCOCC1)C(F)(F)F. The van der Waals surface area contributed by atoms with Crippen LogP contribution in [0.4, 0.5) is 13.2 Å². The highest BCUT2D eigenvalue weighted by atomic mass is 79.9. The maximum absolute atomic E-state index is 12.1. The summed E-state index contributed by atoms with van der Waals surface area (Å²) < 4.78 is 41.3. The fraction of sp³-hybridized carbons (Fsp3) is 0.667. The van der Waals surface area contributed by atoms with Gasteiger partial charge in [0, 0.05) is 30.2 Å². The molecule has 1 rings (SSSR count). The van der Waals surface area contributed by atoms with Gasteiger partial charge in [-0.05, 0) is 0 Å². The molecule has 16 heavy (non-hydrogen) atoms. The third-order valence-corrected chi connectivity index (χ3v) is 2.71. The van der Waals surface area contributed by atoms with Gasteiger partial charge in [0.1, 0.15) is 0 Å². The van der Waals surface area contributed by atoms with Crippen LogP contribution in [0, 0.1) is 0 Å². The third kappa shape index (κ3) is 3.79. The number of ether oxygens (including phenoxy) is 1. The fourth-order valence-corrected chi connectivity index (χ4v) is 1.81. The highest BCUT2D eigenvalue weighted by Gasteiger charge is 2.37. The van der Waals surface area contributed by atoms with Gasteiger partial charge in [0.25, 0.3) is 5.78 Å². The summed E-state index contributed by atoms with van der Waals surface area (Å²) in [5.74, 6) is -1.83. The number of hydrogen-bond acceptors (Lipinski definition) is 3. The van der Waals surface area contributed by atoms with Crippen LogP contribution >= 0.6 is 15.9 Å². The van der Waals surface area contributed by atoms with Crippen LogP contribution in [0.5, 0.6) is 0 Å². The number of hydrogen-bond donors (Lipinski definition) is 0. The molecule has 3 nitrogen and oxygen atoms in total. The van der Waals surface area contributed by atoms with Crippen molar-refractivity contribution in [3.05, 3.63) is 11.8 Å². The van der Waals surface area contributed by atoms with Crippen molar-refractivity contribution in [1.82, 2.24) is 4.90 Å². The highest BCUT2D eigenvalue weighted by Crippen LogP contribution is 2.19. The van der Waals surface area contributed by atoms with Crippen LogP contribution < -0.4 is 0 Å². The molecule has 0 N–H and O–H groups in total. The molecule has 1 aliphatic heterocycles. The number of allylic oxidation sites excluding steroid dienone is 2. The molecule has 0 spiro atoms. The van der Waals surface area contributed by atoms with Gasteiger partial charge in [-0.1, -0.05) is 15.9 Å². The second-order valence-electron chi connectivity index (χ2n) is 3.23. The standard InChI is InChI=1S/C9H11BrF3NO2/c10-6-7(5-8(15)9(11,12)13)14-1-3-16-4-2-14/h5H,1-4,6H2. The van der Waals surface area contributed by atoms with E-state index in [1.807, 2.05) is 0 Å². The maximum atomic E-state index is 12.1. The monoisotopic (exact) mass is 301 g/mol. The molecule has 92 valence electrons. The van der Waals surface area contributed by atoms with E-state index in [9.17, 15) is 18.0 Å². The van der Waals surface area contributed by atoms with E-state index in [1.54, 1.807) is 4.90 Å². The number of rotatable bonds is 3. The van der Waals surface area contributed by atoms with E-state index in [0.717, 1.165) is 0 Å². The van der Waals surface area contributed by atoms with Crippen LogP contribution in [0.2, 0.25) is 0 Å². The van der Waals surface area contributed by atoms with Crippen LogP contribution in [-0.4, -0.2) is 48.5 Å². The van der Waals surface area contributed by atoms with Gasteiger partial charge in [-0.2, -0.15) is 13.2 Å². The summed E-state index contributed by atoms with van der Waals surface area (Å²) in [6.07, 6.45) is -4.17. The Hall–Kier alpha value is -0.560. The number of alkyl halides is 4. The molecule has 0 aliphatic carbocycles. The number of nitrogens with zero attached hydrogens (tertiary/aromatic N) is 1. The average molecular weight is 302 g/mol. The van der Waals surface area contributed by atoms with E-state index in [2.05, 4.69) is 15.9 Å². The Balaban J connectivity index is 2.72. The first-order chi connectivity index (χ1) is 7.45. The van der Waals surface area contributed by atoms with Gasteiger partial charge in [0.2, 0.25) is 0 Å². The van der Waals surface area contributed by atoms with Crippen molar-refractivity contribution in [3.8, 4) is 0 Å². The van der Waals surface area contributed by atoms with E-state index < -0.39 is 12.0 Å². The smallest absolute Gasteiger partial charge is 0.378 e. The Morgan fingerprint density at radius 1 is 1.38 bits per heavy atom.